The molecule has 19 heavy (non-hydrogen) atoms. The molecule has 0 bridgehead atoms. The van der Waals surface area contributed by atoms with Crippen LogP contribution in [0.15, 0.2) is 24.5 Å². The Morgan fingerprint density at radius 3 is 2.47 bits per heavy atom. The van der Waals surface area contributed by atoms with Crippen LogP contribution in [0.5, 0.6) is 0 Å². The second-order valence-electron chi connectivity index (χ2n) is 4.16. The Bertz CT molecular complexity index is 557. The van der Waals surface area contributed by atoms with Gasteiger partial charge in [-0.3, -0.25) is 4.68 Å². The van der Waals surface area contributed by atoms with Crippen LogP contribution >= 0.6 is 0 Å². The Hall–Kier alpha value is -2.05. The standard InChI is InChI=1S/C12H13F3N4/c1-8-9(6-18-19(8)2)5-16-11-4-3-10(7-17-11)12(13,14)15/h3-4,6-7H,5H2,1-2H3,(H,16,17). The summed E-state index contributed by atoms with van der Waals surface area (Å²) in [5, 5.41) is 7.04. The predicted molar refractivity (Wildman–Crippen MR) is 64.5 cm³/mol. The number of hydrogen-bond donors (Lipinski definition) is 1. The molecule has 0 aromatic carbocycles. The van der Waals surface area contributed by atoms with Crippen molar-refractivity contribution >= 4 is 5.82 Å². The van der Waals surface area contributed by atoms with E-state index in [-0.39, 0.29) is 0 Å². The summed E-state index contributed by atoms with van der Waals surface area (Å²) in [7, 11) is 1.83. The van der Waals surface area contributed by atoms with E-state index < -0.39 is 11.7 Å². The maximum absolute atomic E-state index is 12.4. The topological polar surface area (TPSA) is 42.7 Å². The van der Waals surface area contributed by atoms with Gasteiger partial charge < -0.3 is 5.32 Å². The molecule has 0 aliphatic heterocycles. The summed E-state index contributed by atoms with van der Waals surface area (Å²) in [5.74, 6) is 0.399. The maximum atomic E-state index is 12.4. The van der Waals surface area contributed by atoms with Crippen molar-refractivity contribution in [2.75, 3.05) is 5.32 Å². The molecule has 2 aromatic rings. The Morgan fingerprint density at radius 1 is 1.26 bits per heavy atom. The highest BCUT2D eigenvalue weighted by atomic mass is 19.4. The molecule has 2 rings (SSSR count). The average Bonchev–Trinajstić information content (AvgIpc) is 2.67. The van der Waals surface area contributed by atoms with Crippen LogP contribution in [0, 0.1) is 6.92 Å². The first-order valence-electron chi connectivity index (χ1n) is 5.62. The zero-order valence-corrected chi connectivity index (χ0v) is 10.5. The lowest BCUT2D eigenvalue weighted by Gasteiger charge is -2.08. The van der Waals surface area contributed by atoms with E-state index in [4.69, 9.17) is 0 Å². The average molecular weight is 270 g/mol. The van der Waals surface area contributed by atoms with Crippen LogP contribution in [0.4, 0.5) is 19.0 Å². The lowest BCUT2D eigenvalue weighted by Crippen LogP contribution is -2.07. The van der Waals surface area contributed by atoms with Gasteiger partial charge in [-0.15, -0.1) is 0 Å². The minimum Gasteiger partial charge on any atom is -0.366 e. The zero-order chi connectivity index (χ0) is 14.0. The van der Waals surface area contributed by atoms with Gasteiger partial charge in [0.2, 0.25) is 0 Å². The molecule has 0 fully saturated rings. The zero-order valence-electron chi connectivity index (χ0n) is 10.5. The first kappa shape index (κ1) is 13.4. The summed E-state index contributed by atoms with van der Waals surface area (Å²) in [6.45, 7) is 2.39. The van der Waals surface area contributed by atoms with Crippen molar-refractivity contribution in [2.24, 2.45) is 7.05 Å². The molecule has 0 aliphatic rings. The summed E-state index contributed by atoms with van der Waals surface area (Å²) in [4.78, 5) is 3.74. The van der Waals surface area contributed by atoms with E-state index >= 15 is 0 Å². The van der Waals surface area contributed by atoms with Crippen molar-refractivity contribution in [1.82, 2.24) is 14.8 Å². The highest BCUT2D eigenvalue weighted by molar-refractivity contribution is 5.37. The molecule has 0 unspecified atom stereocenters. The van der Waals surface area contributed by atoms with Gasteiger partial charge in [0, 0.05) is 31.0 Å². The third-order valence-corrected chi connectivity index (χ3v) is 2.89. The highest BCUT2D eigenvalue weighted by Gasteiger charge is 2.30. The highest BCUT2D eigenvalue weighted by Crippen LogP contribution is 2.28. The van der Waals surface area contributed by atoms with E-state index in [9.17, 15) is 13.2 Å². The first-order chi connectivity index (χ1) is 8.88. The lowest BCUT2D eigenvalue weighted by molar-refractivity contribution is -0.137. The second kappa shape index (κ2) is 4.91. The van der Waals surface area contributed by atoms with Crippen LogP contribution in [-0.2, 0) is 19.8 Å². The van der Waals surface area contributed by atoms with Gasteiger partial charge in [-0.25, -0.2) is 4.98 Å². The predicted octanol–water partition coefficient (Wildman–Crippen LogP) is 2.75. The molecule has 1 N–H and O–H groups in total. The number of aromatic nitrogens is 3. The smallest absolute Gasteiger partial charge is 0.366 e. The number of pyridine rings is 1. The van der Waals surface area contributed by atoms with Crippen LogP contribution < -0.4 is 5.32 Å². The van der Waals surface area contributed by atoms with Gasteiger partial charge in [0.15, 0.2) is 0 Å². The van der Waals surface area contributed by atoms with E-state index in [2.05, 4.69) is 15.4 Å². The summed E-state index contributed by atoms with van der Waals surface area (Å²) in [6.07, 6.45) is -1.82. The van der Waals surface area contributed by atoms with Crippen LogP contribution in [0.3, 0.4) is 0 Å². The second-order valence-corrected chi connectivity index (χ2v) is 4.16. The Balaban J connectivity index is 2.03. The number of nitrogens with one attached hydrogen (secondary N) is 1. The SMILES string of the molecule is Cc1c(CNc2ccc(C(F)(F)F)cn2)cnn1C. The number of nitrogens with zero attached hydrogens (tertiary/aromatic N) is 3. The van der Waals surface area contributed by atoms with E-state index in [1.807, 2.05) is 14.0 Å². The van der Waals surface area contributed by atoms with Gasteiger partial charge in [0.25, 0.3) is 0 Å². The van der Waals surface area contributed by atoms with Crippen molar-refractivity contribution in [3.8, 4) is 0 Å². The van der Waals surface area contributed by atoms with Gasteiger partial charge in [-0.1, -0.05) is 0 Å². The molecule has 0 saturated heterocycles. The van der Waals surface area contributed by atoms with Gasteiger partial charge in [0.05, 0.1) is 11.8 Å². The van der Waals surface area contributed by atoms with Crippen molar-refractivity contribution in [3.63, 3.8) is 0 Å². The monoisotopic (exact) mass is 270 g/mol. The van der Waals surface area contributed by atoms with Gasteiger partial charge >= 0.3 is 6.18 Å². The number of hydrogen-bond acceptors (Lipinski definition) is 3. The van der Waals surface area contributed by atoms with E-state index in [1.165, 1.54) is 6.07 Å². The lowest BCUT2D eigenvalue weighted by atomic mass is 10.2. The molecule has 2 aromatic heterocycles. The van der Waals surface area contributed by atoms with Gasteiger partial charge in [0.1, 0.15) is 5.82 Å². The molecule has 0 radical (unpaired) electrons. The van der Waals surface area contributed by atoms with E-state index in [0.29, 0.717) is 12.4 Å². The fourth-order valence-electron chi connectivity index (χ4n) is 1.57. The largest absolute Gasteiger partial charge is 0.417 e. The first-order valence-corrected chi connectivity index (χ1v) is 5.62. The Kier molecular flexibility index (Phi) is 3.46. The third-order valence-electron chi connectivity index (χ3n) is 2.89. The number of halogens is 3. The van der Waals surface area contributed by atoms with Crippen LogP contribution in [0.25, 0.3) is 0 Å². The Morgan fingerprint density at radius 2 is 2.00 bits per heavy atom. The summed E-state index contributed by atoms with van der Waals surface area (Å²) in [5.41, 5.74) is 1.22. The number of alkyl halides is 3. The number of rotatable bonds is 3. The molecule has 2 heterocycles. The van der Waals surface area contributed by atoms with Crippen LogP contribution in [0.2, 0.25) is 0 Å². The van der Waals surface area contributed by atoms with Crippen molar-refractivity contribution in [3.05, 3.63) is 41.3 Å². The molecule has 0 atom stereocenters. The molecule has 0 aliphatic carbocycles. The van der Waals surface area contributed by atoms with Gasteiger partial charge in [-0.2, -0.15) is 18.3 Å². The van der Waals surface area contributed by atoms with Crippen molar-refractivity contribution in [1.29, 1.82) is 0 Å². The number of aryl methyl sites for hydroxylation is 1. The quantitative estimate of drug-likeness (QED) is 0.932. The molecule has 102 valence electrons. The normalized spacial score (nSPS) is 11.6. The van der Waals surface area contributed by atoms with Crippen LogP contribution in [0.1, 0.15) is 16.8 Å². The van der Waals surface area contributed by atoms with Crippen molar-refractivity contribution < 1.29 is 13.2 Å². The summed E-state index contributed by atoms with van der Waals surface area (Å²) < 4.78 is 38.8. The maximum Gasteiger partial charge on any atom is 0.417 e. The summed E-state index contributed by atoms with van der Waals surface area (Å²) >= 11 is 0. The molecule has 0 amide bonds. The third kappa shape index (κ3) is 3.04. The Labute approximate surface area is 108 Å². The fourth-order valence-corrected chi connectivity index (χ4v) is 1.57. The molecular weight excluding hydrogens is 257 g/mol. The molecular formula is C12H13F3N4. The molecule has 4 nitrogen and oxygen atoms in total. The van der Waals surface area contributed by atoms with Crippen LogP contribution in [-0.4, -0.2) is 14.8 Å². The summed E-state index contributed by atoms with van der Waals surface area (Å²) in [6, 6.07) is 2.32. The fraction of sp³-hybridized carbons (Fsp3) is 0.333. The molecule has 7 heteroatoms. The minimum absolute atomic E-state index is 0.399. The molecule has 0 saturated carbocycles. The number of anilines is 1. The van der Waals surface area contributed by atoms with E-state index in [1.54, 1.807) is 10.9 Å². The van der Waals surface area contributed by atoms with Gasteiger partial charge in [-0.05, 0) is 19.1 Å². The van der Waals surface area contributed by atoms with E-state index in [0.717, 1.165) is 23.5 Å². The molecule has 0 spiro atoms. The van der Waals surface area contributed by atoms with Crippen molar-refractivity contribution in [2.45, 2.75) is 19.6 Å². The minimum atomic E-state index is -4.36.